The van der Waals surface area contributed by atoms with Gasteiger partial charge in [0.1, 0.15) is 28.2 Å². The van der Waals surface area contributed by atoms with Gasteiger partial charge < -0.3 is 10.1 Å². The molecule has 1 atom stereocenters. The molecule has 0 aliphatic rings. The van der Waals surface area contributed by atoms with Crippen LogP contribution >= 0.6 is 23.1 Å². The Kier molecular flexibility index (Phi) is 5.17. The molecule has 0 saturated heterocycles. The van der Waals surface area contributed by atoms with Crippen molar-refractivity contribution >= 4 is 28.1 Å². The van der Waals surface area contributed by atoms with E-state index in [1.807, 2.05) is 24.3 Å². The average molecular weight is 374 g/mol. The maximum atomic E-state index is 13.3. The van der Waals surface area contributed by atoms with Gasteiger partial charge in [-0.25, -0.2) is 4.39 Å². The lowest BCUT2D eigenvalue weighted by atomic mass is 9.98. The van der Waals surface area contributed by atoms with Gasteiger partial charge in [0.25, 0.3) is 0 Å². The van der Waals surface area contributed by atoms with Gasteiger partial charge in [0, 0.05) is 0 Å². The van der Waals surface area contributed by atoms with E-state index in [0.717, 1.165) is 28.4 Å². The van der Waals surface area contributed by atoms with Crippen LogP contribution < -0.4 is 10.1 Å². The molecule has 1 heterocycles. The Hall–Kier alpha value is -2.62. The lowest BCUT2D eigenvalue weighted by Crippen LogP contribution is -2.12. The standard InChI is InChI=1S/C18H13ClFN3OS/c1-24-14-8-4-12(5-9-14)16(11-2-6-13(20)7-3-11)22-18-15(10-21)17(19)23-25-18/h2-9,16,22H,1H3. The van der Waals surface area contributed by atoms with Crippen LogP contribution in [0.1, 0.15) is 22.7 Å². The molecule has 25 heavy (non-hydrogen) atoms. The second-order valence-electron chi connectivity index (χ2n) is 5.19. The maximum Gasteiger partial charge on any atom is 0.162 e. The van der Waals surface area contributed by atoms with Gasteiger partial charge in [-0.05, 0) is 46.9 Å². The van der Waals surface area contributed by atoms with Gasteiger partial charge in [0.05, 0.1) is 13.2 Å². The third-order valence-electron chi connectivity index (χ3n) is 3.69. The van der Waals surface area contributed by atoms with Gasteiger partial charge in [-0.3, -0.25) is 0 Å². The van der Waals surface area contributed by atoms with Gasteiger partial charge in [0.15, 0.2) is 5.15 Å². The molecule has 3 rings (SSSR count). The largest absolute Gasteiger partial charge is 0.497 e. The number of hydrogen-bond acceptors (Lipinski definition) is 5. The molecule has 0 fully saturated rings. The van der Waals surface area contributed by atoms with Crippen LogP contribution in [-0.4, -0.2) is 11.5 Å². The molecule has 0 radical (unpaired) electrons. The van der Waals surface area contributed by atoms with Gasteiger partial charge in [0.2, 0.25) is 0 Å². The van der Waals surface area contributed by atoms with E-state index in [9.17, 15) is 9.65 Å². The van der Waals surface area contributed by atoms with E-state index in [2.05, 4.69) is 15.8 Å². The monoisotopic (exact) mass is 373 g/mol. The Labute approximate surface area is 153 Å². The molecule has 7 heteroatoms. The van der Waals surface area contributed by atoms with E-state index in [1.165, 1.54) is 12.1 Å². The Bertz CT molecular complexity index is 904. The fourth-order valence-corrected chi connectivity index (χ4v) is 3.37. The van der Waals surface area contributed by atoms with E-state index in [4.69, 9.17) is 16.3 Å². The number of halogens is 2. The van der Waals surface area contributed by atoms with Gasteiger partial charge in [-0.1, -0.05) is 35.9 Å². The zero-order valence-corrected chi connectivity index (χ0v) is 14.7. The zero-order chi connectivity index (χ0) is 17.8. The number of aromatic nitrogens is 1. The lowest BCUT2D eigenvalue weighted by molar-refractivity contribution is 0.414. The number of nitrogens with zero attached hydrogens (tertiary/aromatic N) is 2. The first-order chi connectivity index (χ1) is 12.1. The molecule has 0 amide bonds. The molecule has 1 aromatic heterocycles. The lowest BCUT2D eigenvalue weighted by Gasteiger charge is -2.20. The van der Waals surface area contributed by atoms with Gasteiger partial charge >= 0.3 is 0 Å². The molecule has 0 bridgehead atoms. The summed E-state index contributed by atoms with van der Waals surface area (Å²) in [5, 5.41) is 13.3. The van der Waals surface area contributed by atoms with Crippen LogP contribution in [-0.2, 0) is 0 Å². The van der Waals surface area contributed by atoms with Crippen molar-refractivity contribution in [3.05, 3.63) is 76.2 Å². The minimum absolute atomic E-state index is 0.169. The summed E-state index contributed by atoms with van der Waals surface area (Å²) in [6.07, 6.45) is 0. The Morgan fingerprint density at radius 2 is 1.76 bits per heavy atom. The molecule has 1 N–H and O–H groups in total. The van der Waals surface area contributed by atoms with Crippen LogP contribution in [0.5, 0.6) is 5.75 Å². The van der Waals surface area contributed by atoms with E-state index < -0.39 is 0 Å². The van der Waals surface area contributed by atoms with Crippen molar-refractivity contribution in [1.29, 1.82) is 5.26 Å². The number of hydrogen-bond donors (Lipinski definition) is 1. The molecule has 0 spiro atoms. The Morgan fingerprint density at radius 1 is 1.16 bits per heavy atom. The molecule has 126 valence electrons. The first-order valence-electron chi connectivity index (χ1n) is 7.33. The number of nitriles is 1. The minimum Gasteiger partial charge on any atom is -0.497 e. The third kappa shape index (κ3) is 3.73. The summed E-state index contributed by atoms with van der Waals surface area (Å²) in [5.41, 5.74) is 2.08. The number of ether oxygens (including phenoxy) is 1. The van der Waals surface area contributed by atoms with E-state index in [1.54, 1.807) is 19.2 Å². The molecule has 2 aromatic carbocycles. The molecule has 3 aromatic rings. The molecule has 1 unspecified atom stereocenters. The first kappa shape index (κ1) is 17.2. The van der Waals surface area contributed by atoms with E-state index >= 15 is 0 Å². The average Bonchev–Trinajstić information content (AvgIpc) is 3.00. The summed E-state index contributed by atoms with van der Waals surface area (Å²) in [6.45, 7) is 0. The van der Waals surface area contributed by atoms with Gasteiger partial charge in [-0.15, -0.1) is 0 Å². The third-order valence-corrected chi connectivity index (χ3v) is 4.84. The number of rotatable bonds is 5. The second kappa shape index (κ2) is 7.51. The van der Waals surface area contributed by atoms with Crippen LogP contribution in [0.25, 0.3) is 0 Å². The highest BCUT2D eigenvalue weighted by atomic mass is 35.5. The topological polar surface area (TPSA) is 57.9 Å². The summed E-state index contributed by atoms with van der Waals surface area (Å²) < 4.78 is 22.5. The van der Waals surface area contributed by atoms with Crippen LogP contribution in [0.2, 0.25) is 5.15 Å². The van der Waals surface area contributed by atoms with E-state index in [-0.39, 0.29) is 17.0 Å². The van der Waals surface area contributed by atoms with Crippen molar-refractivity contribution < 1.29 is 9.13 Å². The predicted octanol–water partition coefficient (Wildman–Crippen LogP) is 5.02. The van der Waals surface area contributed by atoms with Crippen molar-refractivity contribution in [2.75, 3.05) is 12.4 Å². The quantitative estimate of drug-likeness (QED) is 0.682. The highest BCUT2D eigenvalue weighted by Gasteiger charge is 2.19. The van der Waals surface area contributed by atoms with Crippen LogP contribution in [0.4, 0.5) is 9.39 Å². The summed E-state index contributed by atoms with van der Waals surface area (Å²) in [7, 11) is 1.60. The zero-order valence-electron chi connectivity index (χ0n) is 13.2. The van der Waals surface area contributed by atoms with Crippen molar-refractivity contribution in [2.24, 2.45) is 0 Å². The normalized spacial score (nSPS) is 11.6. The summed E-state index contributed by atoms with van der Waals surface area (Å²) in [4.78, 5) is 0. The molecule has 4 nitrogen and oxygen atoms in total. The first-order valence-corrected chi connectivity index (χ1v) is 8.48. The molecule has 0 aliphatic heterocycles. The minimum atomic E-state index is -0.309. The Morgan fingerprint density at radius 3 is 2.32 bits per heavy atom. The van der Waals surface area contributed by atoms with Crippen LogP contribution in [0, 0.1) is 17.1 Å². The van der Waals surface area contributed by atoms with Crippen LogP contribution in [0.15, 0.2) is 48.5 Å². The van der Waals surface area contributed by atoms with Crippen molar-refractivity contribution in [1.82, 2.24) is 4.37 Å². The molecular weight excluding hydrogens is 361 g/mol. The maximum absolute atomic E-state index is 13.3. The van der Waals surface area contributed by atoms with Gasteiger partial charge in [-0.2, -0.15) is 9.64 Å². The van der Waals surface area contributed by atoms with E-state index in [0.29, 0.717) is 10.6 Å². The summed E-state index contributed by atoms with van der Waals surface area (Å²) >= 11 is 7.07. The number of methoxy groups -OCH3 is 1. The highest BCUT2D eigenvalue weighted by molar-refractivity contribution is 7.10. The molecule has 0 aliphatic carbocycles. The fourth-order valence-electron chi connectivity index (χ4n) is 2.41. The molecule has 0 saturated carbocycles. The molecular formula is C18H13ClFN3OS. The second-order valence-corrected chi connectivity index (χ2v) is 6.32. The summed E-state index contributed by atoms with van der Waals surface area (Å²) in [5.74, 6) is 0.427. The van der Waals surface area contributed by atoms with Crippen molar-refractivity contribution in [3.8, 4) is 11.8 Å². The fraction of sp³-hybridized carbons (Fsp3) is 0.111. The van der Waals surface area contributed by atoms with Crippen molar-refractivity contribution in [3.63, 3.8) is 0 Å². The SMILES string of the molecule is COc1ccc(C(Nc2snc(Cl)c2C#N)c2ccc(F)cc2)cc1. The predicted molar refractivity (Wildman–Crippen MR) is 96.7 cm³/mol. The summed E-state index contributed by atoms with van der Waals surface area (Å²) in [6, 6.07) is 15.5. The van der Waals surface area contributed by atoms with Crippen LogP contribution in [0.3, 0.4) is 0 Å². The highest BCUT2D eigenvalue weighted by Crippen LogP contribution is 2.34. The number of anilines is 1. The smallest absolute Gasteiger partial charge is 0.162 e. The van der Waals surface area contributed by atoms with Crippen molar-refractivity contribution in [2.45, 2.75) is 6.04 Å². The number of benzene rings is 2. The number of nitrogens with one attached hydrogen (secondary N) is 1. The Balaban J connectivity index is 2.01.